The van der Waals surface area contributed by atoms with E-state index in [-0.39, 0.29) is 5.91 Å². The van der Waals surface area contributed by atoms with Gasteiger partial charge in [-0.2, -0.15) is 5.10 Å². The topological polar surface area (TPSA) is 101 Å². The van der Waals surface area contributed by atoms with Crippen molar-refractivity contribution in [2.75, 3.05) is 26.1 Å². The van der Waals surface area contributed by atoms with Gasteiger partial charge in [0.15, 0.2) is 11.5 Å². The third-order valence-electron chi connectivity index (χ3n) is 4.68. The van der Waals surface area contributed by atoms with Gasteiger partial charge in [-0.25, -0.2) is 15.3 Å². The van der Waals surface area contributed by atoms with Crippen molar-refractivity contribution in [1.82, 2.24) is 10.5 Å². The normalized spacial score (nSPS) is 13.5. The Kier molecular flexibility index (Phi) is 7.45. The number of nitrogens with zero attached hydrogens (tertiary/aromatic N) is 2. The molecule has 3 amide bonds. The summed E-state index contributed by atoms with van der Waals surface area (Å²) in [7, 11) is 3.17. The minimum atomic E-state index is -0.454. The van der Waals surface area contributed by atoms with Crippen LogP contribution >= 0.6 is 0 Å². The van der Waals surface area contributed by atoms with Crippen LogP contribution in [-0.2, 0) is 16.2 Å². The van der Waals surface area contributed by atoms with Gasteiger partial charge in [-0.3, -0.25) is 9.63 Å². The number of methoxy groups -OCH3 is 2. The first-order valence-electron chi connectivity index (χ1n) is 9.92. The Bertz CT molecular complexity index is 959. The minimum Gasteiger partial charge on any atom is -0.493 e. The SMILES string of the molecule is CCONC(=O)Nc1ccc(CN2N=C(c3ccc(OC)c(OC)c3)CCC2=O)cc1. The fourth-order valence-corrected chi connectivity index (χ4v) is 3.11. The average molecular weight is 426 g/mol. The lowest BCUT2D eigenvalue weighted by molar-refractivity contribution is -0.132. The van der Waals surface area contributed by atoms with E-state index in [0.29, 0.717) is 43.2 Å². The molecular weight excluding hydrogens is 400 g/mol. The number of hydroxylamine groups is 1. The summed E-state index contributed by atoms with van der Waals surface area (Å²) >= 11 is 0. The standard InChI is InChI=1S/C22H26N4O5/c1-4-31-25-22(28)23-17-8-5-15(6-9-17)14-26-21(27)12-10-18(24-26)16-7-11-19(29-2)20(13-16)30-3/h5-9,11,13H,4,10,12,14H2,1-3H3,(H2,23,25,28). The molecule has 0 fully saturated rings. The third kappa shape index (κ3) is 5.73. The maximum Gasteiger partial charge on any atom is 0.343 e. The number of ether oxygens (including phenoxy) is 2. The Hall–Kier alpha value is -3.59. The predicted molar refractivity (Wildman–Crippen MR) is 116 cm³/mol. The zero-order valence-corrected chi connectivity index (χ0v) is 17.8. The van der Waals surface area contributed by atoms with Crippen molar-refractivity contribution in [2.45, 2.75) is 26.3 Å². The summed E-state index contributed by atoms with van der Waals surface area (Å²) in [5.74, 6) is 1.21. The van der Waals surface area contributed by atoms with Gasteiger partial charge in [0.05, 0.1) is 33.1 Å². The van der Waals surface area contributed by atoms with Gasteiger partial charge in [-0.05, 0) is 42.8 Å². The molecule has 0 unspecified atom stereocenters. The Balaban J connectivity index is 1.70. The number of benzene rings is 2. The van der Waals surface area contributed by atoms with Crippen LogP contribution in [0.15, 0.2) is 47.6 Å². The molecule has 1 heterocycles. The lowest BCUT2D eigenvalue weighted by Crippen LogP contribution is -2.31. The van der Waals surface area contributed by atoms with Gasteiger partial charge in [-0.15, -0.1) is 0 Å². The first-order chi connectivity index (χ1) is 15.0. The number of hydrazone groups is 1. The molecule has 31 heavy (non-hydrogen) atoms. The number of amides is 3. The summed E-state index contributed by atoms with van der Waals surface area (Å²) in [4.78, 5) is 28.9. The summed E-state index contributed by atoms with van der Waals surface area (Å²) in [5, 5.41) is 8.70. The highest BCUT2D eigenvalue weighted by Crippen LogP contribution is 2.29. The maximum atomic E-state index is 12.4. The van der Waals surface area contributed by atoms with E-state index in [9.17, 15) is 9.59 Å². The monoisotopic (exact) mass is 426 g/mol. The van der Waals surface area contributed by atoms with Gasteiger partial charge < -0.3 is 14.8 Å². The fraction of sp³-hybridized carbons (Fsp3) is 0.318. The van der Waals surface area contributed by atoms with Gasteiger partial charge in [0.1, 0.15) is 0 Å². The molecule has 0 spiro atoms. The fourth-order valence-electron chi connectivity index (χ4n) is 3.11. The van der Waals surface area contributed by atoms with E-state index in [2.05, 4.69) is 15.9 Å². The van der Waals surface area contributed by atoms with Crippen molar-refractivity contribution in [2.24, 2.45) is 5.10 Å². The third-order valence-corrected chi connectivity index (χ3v) is 4.68. The second-order valence-corrected chi connectivity index (χ2v) is 6.75. The summed E-state index contributed by atoms with van der Waals surface area (Å²) in [6.45, 7) is 2.49. The highest BCUT2D eigenvalue weighted by Gasteiger charge is 2.22. The molecule has 1 aliphatic rings. The minimum absolute atomic E-state index is 0.0393. The molecule has 0 saturated heterocycles. The molecule has 9 nitrogen and oxygen atoms in total. The quantitative estimate of drug-likeness (QED) is 0.631. The highest BCUT2D eigenvalue weighted by molar-refractivity contribution is 6.04. The van der Waals surface area contributed by atoms with Crippen molar-refractivity contribution in [1.29, 1.82) is 0 Å². The van der Waals surface area contributed by atoms with Gasteiger partial charge in [0, 0.05) is 24.1 Å². The lowest BCUT2D eigenvalue weighted by atomic mass is 10.0. The van der Waals surface area contributed by atoms with E-state index in [1.807, 2.05) is 30.3 Å². The molecule has 3 rings (SSSR count). The first kappa shape index (κ1) is 22.1. The molecule has 0 atom stereocenters. The summed E-state index contributed by atoms with van der Waals surface area (Å²) in [5.41, 5.74) is 5.46. The van der Waals surface area contributed by atoms with E-state index in [1.54, 1.807) is 33.3 Å². The molecule has 0 bridgehead atoms. The summed E-state index contributed by atoms with van der Waals surface area (Å²) in [6, 6.07) is 12.3. The van der Waals surface area contributed by atoms with Crippen LogP contribution in [0.25, 0.3) is 0 Å². The molecule has 9 heteroatoms. The average Bonchev–Trinajstić information content (AvgIpc) is 2.80. The van der Waals surface area contributed by atoms with Crippen molar-refractivity contribution >= 4 is 23.3 Å². The van der Waals surface area contributed by atoms with Crippen LogP contribution in [-0.4, -0.2) is 43.5 Å². The Labute approximate surface area is 180 Å². The number of urea groups is 1. The van der Waals surface area contributed by atoms with Gasteiger partial charge >= 0.3 is 6.03 Å². The Morgan fingerprint density at radius 1 is 1.06 bits per heavy atom. The van der Waals surface area contributed by atoms with Crippen LogP contribution in [0.1, 0.15) is 30.9 Å². The van der Waals surface area contributed by atoms with E-state index >= 15 is 0 Å². The number of hydrogen-bond donors (Lipinski definition) is 2. The number of anilines is 1. The van der Waals surface area contributed by atoms with E-state index < -0.39 is 6.03 Å². The van der Waals surface area contributed by atoms with Crippen LogP contribution < -0.4 is 20.3 Å². The van der Waals surface area contributed by atoms with Gasteiger partial charge in [0.2, 0.25) is 5.91 Å². The zero-order chi connectivity index (χ0) is 22.2. The smallest absolute Gasteiger partial charge is 0.343 e. The van der Waals surface area contributed by atoms with Gasteiger partial charge in [-0.1, -0.05) is 12.1 Å². The van der Waals surface area contributed by atoms with Crippen LogP contribution in [0.4, 0.5) is 10.5 Å². The molecule has 0 aliphatic carbocycles. The van der Waals surface area contributed by atoms with E-state index in [0.717, 1.165) is 16.8 Å². The Morgan fingerprint density at radius 3 is 2.48 bits per heavy atom. The molecule has 2 aromatic rings. The number of rotatable bonds is 8. The summed E-state index contributed by atoms with van der Waals surface area (Å²) < 4.78 is 10.7. The Morgan fingerprint density at radius 2 is 1.81 bits per heavy atom. The molecule has 1 aliphatic heterocycles. The number of carbonyl (C=O) groups excluding carboxylic acids is 2. The van der Waals surface area contributed by atoms with E-state index in [1.165, 1.54) is 5.01 Å². The molecular formula is C22H26N4O5. The lowest BCUT2D eigenvalue weighted by Gasteiger charge is -2.24. The van der Waals surface area contributed by atoms with E-state index in [4.69, 9.17) is 14.3 Å². The predicted octanol–water partition coefficient (Wildman–Crippen LogP) is 3.30. The largest absolute Gasteiger partial charge is 0.493 e. The first-order valence-corrected chi connectivity index (χ1v) is 9.92. The van der Waals surface area contributed by atoms with Crippen LogP contribution in [0.3, 0.4) is 0 Å². The van der Waals surface area contributed by atoms with Crippen molar-refractivity contribution < 1.29 is 23.9 Å². The van der Waals surface area contributed by atoms with Crippen LogP contribution in [0, 0.1) is 0 Å². The number of nitrogens with one attached hydrogen (secondary N) is 2. The second kappa shape index (κ2) is 10.4. The molecule has 0 saturated carbocycles. The van der Waals surface area contributed by atoms with Crippen molar-refractivity contribution in [3.05, 3.63) is 53.6 Å². The van der Waals surface area contributed by atoms with Crippen LogP contribution in [0.2, 0.25) is 0 Å². The molecule has 164 valence electrons. The number of hydrogen-bond acceptors (Lipinski definition) is 6. The molecule has 0 aromatic heterocycles. The second-order valence-electron chi connectivity index (χ2n) is 6.75. The zero-order valence-electron chi connectivity index (χ0n) is 17.8. The van der Waals surface area contributed by atoms with Gasteiger partial charge in [0.25, 0.3) is 0 Å². The highest BCUT2D eigenvalue weighted by atomic mass is 16.7. The molecule has 2 N–H and O–H groups in total. The molecule has 2 aromatic carbocycles. The molecule has 0 radical (unpaired) electrons. The number of carbonyl (C=O) groups is 2. The summed E-state index contributed by atoms with van der Waals surface area (Å²) in [6.07, 6.45) is 0.938. The maximum absolute atomic E-state index is 12.4. The van der Waals surface area contributed by atoms with Crippen molar-refractivity contribution in [3.8, 4) is 11.5 Å². The van der Waals surface area contributed by atoms with Crippen LogP contribution in [0.5, 0.6) is 11.5 Å². The van der Waals surface area contributed by atoms with Crippen molar-refractivity contribution in [3.63, 3.8) is 0 Å².